The third-order valence-electron chi connectivity index (χ3n) is 3.05. The lowest BCUT2D eigenvalue weighted by Gasteiger charge is -2.12. The van der Waals surface area contributed by atoms with Crippen LogP contribution in [-0.4, -0.2) is 24.9 Å². The average Bonchev–Trinajstić information content (AvgIpc) is 2.46. The summed E-state index contributed by atoms with van der Waals surface area (Å²) < 4.78 is 11.0. The predicted octanol–water partition coefficient (Wildman–Crippen LogP) is 3.14. The van der Waals surface area contributed by atoms with E-state index in [0.29, 0.717) is 13.2 Å². The Hall–Kier alpha value is -1.58. The molecule has 0 amide bonds. The van der Waals surface area contributed by atoms with Gasteiger partial charge in [0.25, 0.3) is 0 Å². The maximum absolute atomic E-state index is 9.55. The average molecular weight is 260 g/mol. The van der Waals surface area contributed by atoms with Gasteiger partial charge in [-0.15, -0.1) is 0 Å². The Balaban J connectivity index is 2.10. The van der Waals surface area contributed by atoms with Gasteiger partial charge in [0.1, 0.15) is 5.75 Å². The molecule has 2 rings (SSSR count). The monoisotopic (exact) mass is 260 g/mol. The molecule has 3 nitrogen and oxygen atoms in total. The second kappa shape index (κ2) is 7.12. The Morgan fingerprint density at radius 3 is 2.68 bits per heavy atom. The van der Waals surface area contributed by atoms with E-state index < -0.39 is 0 Å². The van der Waals surface area contributed by atoms with Crippen molar-refractivity contribution in [3.05, 3.63) is 42.0 Å². The number of benzene rings is 2. The molecule has 0 unspecified atom stereocenters. The van der Waals surface area contributed by atoms with E-state index in [-0.39, 0.29) is 6.61 Å². The van der Waals surface area contributed by atoms with Gasteiger partial charge in [0.15, 0.2) is 0 Å². The van der Waals surface area contributed by atoms with Crippen molar-refractivity contribution in [3.8, 4) is 5.75 Å². The number of fused-ring (bicyclic) bond motifs is 1. The Bertz CT molecular complexity index is 522. The topological polar surface area (TPSA) is 38.7 Å². The number of ether oxygens (including phenoxy) is 2. The van der Waals surface area contributed by atoms with Crippen molar-refractivity contribution < 1.29 is 14.6 Å². The van der Waals surface area contributed by atoms with E-state index in [9.17, 15) is 5.11 Å². The summed E-state index contributed by atoms with van der Waals surface area (Å²) in [5, 5.41) is 11.7. The fraction of sp³-hybridized carbons (Fsp3) is 0.375. The van der Waals surface area contributed by atoms with Gasteiger partial charge in [0.2, 0.25) is 0 Å². The van der Waals surface area contributed by atoms with Gasteiger partial charge in [0, 0.05) is 25.2 Å². The smallest absolute Gasteiger partial charge is 0.125 e. The van der Waals surface area contributed by atoms with Gasteiger partial charge >= 0.3 is 0 Å². The quantitative estimate of drug-likeness (QED) is 0.777. The van der Waals surface area contributed by atoms with Crippen molar-refractivity contribution in [2.75, 3.05) is 19.8 Å². The summed E-state index contributed by atoms with van der Waals surface area (Å²) in [6.07, 6.45) is 0.853. The molecular weight excluding hydrogens is 240 g/mol. The summed E-state index contributed by atoms with van der Waals surface area (Å²) in [5.74, 6) is 0.762. The number of rotatable bonds is 7. The van der Waals surface area contributed by atoms with Crippen LogP contribution in [-0.2, 0) is 11.3 Å². The highest BCUT2D eigenvalue weighted by Gasteiger charge is 2.07. The van der Waals surface area contributed by atoms with Crippen LogP contribution in [0.4, 0.5) is 0 Å². The maximum Gasteiger partial charge on any atom is 0.125 e. The van der Waals surface area contributed by atoms with E-state index in [1.807, 2.05) is 43.3 Å². The van der Waals surface area contributed by atoms with Gasteiger partial charge in [0.05, 0.1) is 13.2 Å². The molecule has 19 heavy (non-hydrogen) atoms. The lowest BCUT2D eigenvalue weighted by Crippen LogP contribution is -2.04. The van der Waals surface area contributed by atoms with E-state index in [4.69, 9.17) is 9.47 Å². The minimum absolute atomic E-state index is 0.0118. The summed E-state index contributed by atoms with van der Waals surface area (Å²) in [6.45, 7) is 4.01. The molecular formula is C16H20O3. The van der Waals surface area contributed by atoms with Crippen LogP contribution in [0.15, 0.2) is 36.4 Å². The maximum atomic E-state index is 9.55. The molecule has 0 heterocycles. The molecule has 0 bridgehead atoms. The third kappa shape index (κ3) is 3.46. The first-order chi connectivity index (χ1) is 9.36. The van der Waals surface area contributed by atoms with E-state index in [1.165, 1.54) is 0 Å². The van der Waals surface area contributed by atoms with Crippen LogP contribution in [0, 0.1) is 0 Å². The van der Waals surface area contributed by atoms with Crippen LogP contribution < -0.4 is 4.74 Å². The van der Waals surface area contributed by atoms with E-state index in [0.717, 1.165) is 35.1 Å². The van der Waals surface area contributed by atoms with Crippen LogP contribution in [0.5, 0.6) is 5.75 Å². The SMILES string of the molecule is CCOCCCOc1ccc2ccccc2c1CO. The molecule has 1 N–H and O–H groups in total. The van der Waals surface area contributed by atoms with Gasteiger partial charge in [-0.05, 0) is 23.8 Å². The van der Waals surface area contributed by atoms with Crippen molar-refractivity contribution in [1.82, 2.24) is 0 Å². The molecule has 102 valence electrons. The van der Waals surface area contributed by atoms with Crippen molar-refractivity contribution in [2.45, 2.75) is 20.0 Å². The standard InChI is InChI=1S/C16H20O3/c1-2-18-10-5-11-19-16-9-8-13-6-3-4-7-14(13)15(16)12-17/h3-4,6-9,17H,2,5,10-12H2,1H3. The highest BCUT2D eigenvalue weighted by Crippen LogP contribution is 2.28. The molecule has 0 aliphatic rings. The number of aliphatic hydroxyl groups excluding tert-OH is 1. The normalized spacial score (nSPS) is 10.8. The summed E-state index contributed by atoms with van der Waals surface area (Å²) in [4.78, 5) is 0. The molecule has 0 atom stereocenters. The molecule has 3 heteroatoms. The Labute approximate surface area is 113 Å². The van der Waals surface area contributed by atoms with Crippen molar-refractivity contribution >= 4 is 10.8 Å². The zero-order valence-electron chi connectivity index (χ0n) is 11.3. The minimum Gasteiger partial charge on any atom is -0.493 e. The zero-order valence-corrected chi connectivity index (χ0v) is 11.3. The summed E-state index contributed by atoms with van der Waals surface area (Å²) >= 11 is 0. The third-order valence-corrected chi connectivity index (χ3v) is 3.05. The second-order valence-corrected chi connectivity index (χ2v) is 4.32. The molecule has 0 aliphatic carbocycles. The van der Waals surface area contributed by atoms with Gasteiger partial charge < -0.3 is 14.6 Å². The minimum atomic E-state index is -0.0118. The predicted molar refractivity (Wildman–Crippen MR) is 76.5 cm³/mol. The van der Waals surface area contributed by atoms with Crippen LogP contribution >= 0.6 is 0 Å². The van der Waals surface area contributed by atoms with Crippen LogP contribution in [0.2, 0.25) is 0 Å². The number of hydrogen-bond acceptors (Lipinski definition) is 3. The van der Waals surface area contributed by atoms with Gasteiger partial charge in [-0.3, -0.25) is 0 Å². The Kier molecular flexibility index (Phi) is 5.19. The lowest BCUT2D eigenvalue weighted by atomic mass is 10.0. The molecule has 0 fully saturated rings. The first-order valence-corrected chi connectivity index (χ1v) is 6.69. The van der Waals surface area contributed by atoms with E-state index in [1.54, 1.807) is 0 Å². The van der Waals surface area contributed by atoms with Crippen LogP contribution in [0.1, 0.15) is 18.9 Å². The molecule has 2 aromatic carbocycles. The van der Waals surface area contributed by atoms with Crippen molar-refractivity contribution in [2.24, 2.45) is 0 Å². The van der Waals surface area contributed by atoms with Crippen molar-refractivity contribution in [1.29, 1.82) is 0 Å². The molecule has 0 aromatic heterocycles. The summed E-state index contributed by atoms with van der Waals surface area (Å²) in [7, 11) is 0. The van der Waals surface area contributed by atoms with Crippen LogP contribution in [0.25, 0.3) is 10.8 Å². The van der Waals surface area contributed by atoms with Gasteiger partial charge in [-0.1, -0.05) is 30.3 Å². The van der Waals surface area contributed by atoms with Crippen LogP contribution in [0.3, 0.4) is 0 Å². The largest absolute Gasteiger partial charge is 0.493 e. The molecule has 2 aromatic rings. The fourth-order valence-corrected chi connectivity index (χ4v) is 2.10. The zero-order chi connectivity index (χ0) is 13.5. The lowest BCUT2D eigenvalue weighted by molar-refractivity contribution is 0.130. The first kappa shape index (κ1) is 13.8. The number of hydrogen-bond donors (Lipinski definition) is 1. The first-order valence-electron chi connectivity index (χ1n) is 6.69. The molecule has 0 radical (unpaired) electrons. The Morgan fingerprint density at radius 1 is 1.05 bits per heavy atom. The summed E-state index contributed by atoms with van der Waals surface area (Å²) in [6, 6.07) is 12.0. The van der Waals surface area contributed by atoms with E-state index in [2.05, 4.69) is 0 Å². The van der Waals surface area contributed by atoms with E-state index >= 15 is 0 Å². The van der Waals surface area contributed by atoms with Crippen molar-refractivity contribution in [3.63, 3.8) is 0 Å². The fourth-order valence-electron chi connectivity index (χ4n) is 2.10. The highest BCUT2D eigenvalue weighted by atomic mass is 16.5. The molecule has 0 saturated heterocycles. The molecule has 0 aliphatic heterocycles. The summed E-state index contributed by atoms with van der Waals surface area (Å²) in [5.41, 5.74) is 0.856. The van der Waals surface area contributed by atoms with Gasteiger partial charge in [-0.25, -0.2) is 0 Å². The second-order valence-electron chi connectivity index (χ2n) is 4.32. The molecule has 0 spiro atoms. The highest BCUT2D eigenvalue weighted by molar-refractivity contribution is 5.87. The van der Waals surface area contributed by atoms with Gasteiger partial charge in [-0.2, -0.15) is 0 Å². The Morgan fingerprint density at radius 2 is 1.89 bits per heavy atom. The number of aliphatic hydroxyl groups is 1. The molecule has 0 saturated carbocycles.